The fourth-order valence-electron chi connectivity index (χ4n) is 3.56. The molecule has 6 heteroatoms. The van der Waals surface area contributed by atoms with Crippen molar-refractivity contribution in [3.63, 3.8) is 0 Å². The first kappa shape index (κ1) is 20.3. The molecule has 30 heavy (non-hydrogen) atoms. The predicted molar refractivity (Wildman–Crippen MR) is 117 cm³/mol. The number of rotatable bonds is 5. The SMILES string of the molecule is CCOc1cccc(C2C=C(c3ccc(Cl)cc3)NC(c3cccc(F)c3)N2)c1O. The Balaban J connectivity index is 1.77. The summed E-state index contributed by atoms with van der Waals surface area (Å²) in [5, 5.41) is 18.3. The molecule has 4 rings (SSSR count). The first-order valence-electron chi connectivity index (χ1n) is 9.75. The molecule has 0 saturated carbocycles. The molecule has 0 aliphatic carbocycles. The highest BCUT2D eigenvalue weighted by Gasteiger charge is 2.26. The van der Waals surface area contributed by atoms with E-state index >= 15 is 0 Å². The molecule has 0 spiro atoms. The van der Waals surface area contributed by atoms with Crippen LogP contribution in [0.3, 0.4) is 0 Å². The highest BCUT2D eigenvalue weighted by atomic mass is 35.5. The smallest absolute Gasteiger partial charge is 0.162 e. The van der Waals surface area contributed by atoms with E-state index in [4.69, 9.17) is 16.3 Å². The number of para-hydroxylation sites is 1. The maximum atomic E-state index is 13.9. The molecule has 0 amide bonds. The summed E-state index contributed by atoms with van der Waals surface area (Å²) in [6.07, 6.45) is 1.63. The van der Waals surface area contributed by atoms with Crippen LogP contribution in [0, 0.1) is 5.82 Å². The lowest BCUT2D eigenvalue weighted by atomic mass is 9.97. The molecule has 0 saturated heterocycles. The molecule has 0 fully saturated rings. The van der Waals surface area contributed by atoms with Gasteiger partial charge < -0.3 is 15.2 Å². The minimum Gasteiger partial charge on any atom is -0.504 e. The summed E-state index contributed by atoms with van der Waals surface area (Å²) >= 11 is 6.04. The average molecular weight is 425 g/mol. The molecular weight excluding hydrogens is 403 g/mol. The number of halogens is 2. The zero-order chi connectivity index (χ0) is 21.1. The largest absolute Gasteiger partial charge is 0.504 e. The van der Waals surface area contributed by atoms with Gasteiger partial charge in [0, 0.05) is 16.3 Å². The molecule has 3 aromatic rings. The third-order valence-corrected chi connectivity index (χ3v) is 5.23. The standard InChI is InChI=1S/C24H22ClFN2O2/c1-2-30-22-8-4-7-19(23(22)29)21-14-20(15-9-11-17(25)12-10-15)27-24(28-21)16-5-3-6-18(26)13-16/h3-14,21,24,27-29H,2H2,1H3. The molecule has 1 aliphatic heterocycles. The van der Waals surface area contributed by atoms with E-state index in [1.165, 1.54) is 12.1 Å². The maximum absolute atomic E-state index is 13.9. The van der Waals surface area contributed by atoms with E-state index in [-0.39, 0.29) is 23.8 Å². The van der Waals surface area contributed by atoms with Gasteiger partial charge in [0.2, 0.25) is 0 Å². The van der Waals surface area contributed by atoms with Gasteiger partial charge in [-0.3, -0.25) is 5.32 Å². The van der Waals surface area contributed by atoms with E-state index in [2.05, 4.69) is 10.6 Å². The van der Waals surface area contributed by atoms with Crippen LogP contribution in [-0.4, -0.2) is 11.7 Å². The van der Waals surface area contributed by atoms with Gasteiger partial charge in [-0.2, -0.15) is 0 Å². The zero-order valence-corrected chi connectivity index (χ0v) is 17.2. The highest BCUT2D eigenvalue weighted by Crippen LogP contribution is 2.38. The number of ether oxygens (including phenoxy) is 1. The van der Waals surface area contributed by atoms with E-state index in [1.54, 1.807) is 12.1 Å². The number of phenols is 1. The van der Waals surface area contributed by atoms with Gasteiger partial charge in [-0.1, -0.05) is 48.0 Å². The van der Waals surface area contributed by atoms with Gasteiger partial charge in [-0.05, 0) is 54.5 Å². The van der Waals surface area contributed by atoms with Crippen LogP contribution in [0.1, 0.15) is 35.8 Å². The third-order valence-electron chi connectivity index (χ3n) is 4.98. The van der Waals surface area contributed by atoms with Crippen LogP contribution < -0.4 is 15.4 Å². The minimum atomic E-state index is -0.364. The normalized spacial score (nSPS) is 18.4. The summed E-state index contributed by atoms with van der Waals surface area (Å²) in [5.41, 5.74) is 3.22. The number of aromatic hydroxyl groups is 1. The van der Waals surface area contributed by atoms with E-state index in [9.17, 15) is 9.50 Å². The van der Waals surface area contributed by atoms with E-state index in [0.717, 1.165) is 16.8 Å². The molecule has 0 aromatic heterocycles. The van der Waals surface area contributed by atoms with Crippen molar-refractivity contribution in [2.45, 2.75) is 19.1 Å². The summed E-state index contributed by atoms with van der Waals surface area (Å²) in [6, 6.07) is 19.0. The molecule has 3 N–H and O–H groups in total. The third kappa shape index (κ3) is 4.27. The summed E-state index contributed by atoms with van der Waals surface area (Å²) in [5.74, 6) is 0.207. The molecule has 0 radical (unpaired) electrons. The molecule has 154 valence electrons. The van der Waals surface area contributed by atoms with E-state index in [0.29, 0.717) is 22.9 Å². The Bertz CT molecular complexity index is 1070. The Hall–Kier alpha value is -3.02. The van der Waals surface area contributed by atoms with E-state index in [1.807, 2.05) is 55.5 Å². The Morgan fingerprint density at radius 3 is 2.57 bits per heavy atom. The number of hydrogen-bond acceptors (Lipinski definition) is 4. The van der Waals surface area contributed by atoms with E-state index < -0.39 is 0 Å². The molecule has 0 bridgehead atoms. The Labute approximate surface area is 180 Å². The molecular formula is C24H22ClFN2O2. The van der Waals surface area contributed by atoms with Gasteiger partial charge >= 0.3 is 0 Å². The first-order valence-corrected chi connectivity index (χ1v) is 10.1. The van der Waals surface area contributed by atoms with Gasteiger partial charge in [-0.15, -0.1) is 0 Å². The van der Waals surface area contributed by atoms with Gasteiger partial charge in [-0.25, -0.2) is 4.39 Å². The Kier molecular flexibility index (Phi) is 5.93. The monoisotopic (exact) mass is 424 g/mol. The second kappa shape index (κ2) is 8.78. The number of phenolic OH excluding ortho intramolecular Hbond substituents is 1. The van der Waals surface area contributed by atoms with Crippen molar-refractivity contribution in [1.82, 2.24) is 10.6 Å². The van der Waals surface area contributed by atoms with Crippen molar-refractivity contribution in [2.24, 2.45) is 0 Å². The quantitative estimate of drug-likeness (QED) is 0.502. The number of benzene rings is 3. The molecule has 1 aliphatic rings. The summed E-state index contributed by atoms with van der Waals surface area (Å²) in [4.78, 5) is 0. The van der Waals surface area contributed by atoms with Crippen molar-refractivity contribution >= 4 is 17.3 Å². The van der Waals surface area contributed by atoms with Crippen LogP contribution in [-0.2, 0) is 0 Å². The summed E-state index contributed by atoms with van der Waals surface area (Å²) in [7, 11) is 0. The topological polar surface area (TPSA) is 53.5 Å². The Morgan fingerprint density at radius 2 is 1.83 bits per heavy atom. The number of nitrogens with one attached hydrogen (secondary N) is 2. The van der Waals surface area contributed by atoms with Crippen LogP contribution in [0.25, 0.3) is 5.70 Å². The first-order chi connectivity index (χ1) is 14.5. The van der Waals surface area contributed by atoms with Crippen molar-refractivity contribution in [2.75, 3.05) is 6.61 Å². The molecule has 1 heterocycles. The number of hydrogen-bond donors (Lipinski definition) is 3. The molecule has 3 aromatic carbocycles. The van der Waals surface area contributed by atoms with Crippen LogP contribution >= 0.6 is 11.6 Å². The highest BCUT2D eigenvalue weighted by molar-refractivity contribution is 6.30. The van der Waals surface area contributed by atoms with Gasteiger partial charge in [0.05, 0.1) is 12.6 Å². The second-order valence-electron chi connectivity index (χ2n) is 6.99. The zero-order valence-electron chi connectivity index (χ0n) is 16.4. The van der Waals surface area contributed by atoms with Crippen LogP contribution in [0.15, 0.2) is 72.8 Å². The fourth-order valence-corrected chi connectivity index (χ4v) is 3.68. The maximum Gasteiger partial charge on any atom is 0.162 e. The molecule has 2 unspecified atom stereocenters. The molecule has 2 atom stereocenters. The molecule has 4 nitrogen and oxygen atoms in total. The van der Waals surface area contributed by atoms with Crippen molar-refractivity contribution in [1.29, 1.82) is 0 Å². The van der Waals surface area contributed by atoms with Gasteiger partial charge in [0.1, 0.15) is 12.0 Å². The lowest BCUT2D eigenvalue weighted by Gasteiger charge is -2.33. The Morgan fingerprint density at radius 1 is 1.07 bits per heavy atom. The van der Waals surface area contributed by atoms with Crippen LogP contribution in [0.2, 0.25) is 5.02 Å². The predicted octanol–water partition coefficient (Wildman–Crippen LogP) is 5.56. The summed E-state index contributed by atoms with van der Waals surface area (Å²) < 4.78 is 19.4. The lowest BCUT2D eigenvalue weighted by molar-refractivity contribution is 0.314. The lowest BCUT2D eigenvalue weighted by Crippen LogP contribution is -2.39. The minimum absolute atomic E-state index is 0.0865. The average Bonchev–Trinajstić information content (AvgIpc) is 2.75. The fraction of sp³-hybridized carbons (Fsp3) is 0.167. The van der Waals surface area contributed by atoms with Crippen molar-refractivity contribution in [3.05, 3.63) is 100 Å². The van der Waals surface area contributed by atoms with Crippen molar-refractivity contribution < 1.29 is 14.2 Å². The second-order valence-corrected chi connectivity index (χ2v) is 7.43. The van der Waals surface area contributed by atoms with Crippen LogP contribution in [0.5, 0.6) is 11.5 Å². The van der Waals surface area contributed by atoms with Crippen molar-refractivity contribution in [3.8, 4) is 11.5 Å². The van der Waals surface area contributed by atoms with Crippen LogP contribution in [0.4, 0.5) is 4.39 Å². The van der Waals surface area contributed by atoms with Gasteiger partial charge in [0.15, 0.2) is 11.5 Å². The summed E-state index contributed by atoms with van der Waals surface area (Å²) in [6.45, 7) is 2.32. The van der Waals surface area contributed by atoms with Gasteiger partial charge in [0.25, 0.3) is 0 Å².